The SMILES string of the molecule is Cc1[nH]c(-c2ccc(Cl)cc2)nc1CCO. The van der Waals surface area contributed by atoms with E-state index in [0.717, 1.165) is 22.8 Å². The van der Waals surface area contributed by atoms with Crippen LogP contribution in [0, 0.1) is 6.92 Å². The van der Waals surface area contributed by atoms with Crippen molar-refractivity contribution < 1.29 is 5.11 Å². The van der Waals surface area contributed by atoms with Crippen molar-refractivity contribution in [2.75, 3.05) is 6.61 Å². The molecule has 1 aromatic heterocycles. The molecule has 0 spiro atoms. The topological polar surface area (TPSA) is 48.9 Å². The minimum atomic E-state index is 0.117. The Morgan fingerprint density at radius 1 is 1.31 bits per heavy atom. The minimum Gasteiger partial charge on any atom is -0.396 e. The van der Waals surface area contributed by atoms with Crippen LogP contribution in [0.2, 0.25) is 5.02 Å². The summed E-state index contributed by atoms with van der Waals surface area (Å²) >= 11 is 5.82. The number of aromatic amines is 1. The van der Waals surface area contributed by atoms with Crippen molar-refractivity contribution >= 4 is 11.6 Å². The fourth-order valence-corrected chi connectivity index (χ4v) is 1.72. The number of aliphatic hydroxyl groups is 1. The van der Waals surface area contributed by atoms with E-state index in [9.17, 15) is 0 Å². The number of nitrogens with zero attached hydrogens (tertiary/aromatic N) is 1. The molecule has 0 saturated carbocycles. The number of H-pyrrole nitrogens is 1. The van der Waals surface area contributed by atoms with E-state index in [0.29, 0.717) is 11.4 Å². The van der Waals surface area contributed by atoms with Crippen molar-refractivity contribution in [1.29, 1.82) is 0 Å². The molecule has 0 amide bonds. The Kier molecular flexibility index (Phi) is 3.27. The summed E-state index contributed by atoms with van der Waals surface area (Å²) in [5.74, 6) is 0.817. The monoisotopic (exact) mass is 236 g/mol. The number of benzene rings is 1. The van der Waals surface area contributed by atoms with Gasteiger partial charge in [-0.15, -0.1) is 0 Å². The van der Waals surface area contributed by atoms with Gasteiger partial charge in [0, 0.05) is 29.3 Å². The highest BCUT2D eigenvalue weighted by atomic mass is 35.5. The Morgan fingerprint density at radius 3 is 2.62 bits per heavy atom. The largest absolute Gasteiger partial charge is 0.396 e. The van der Waals surface area contributed by atoms with Gasteiger partial charge in [-0.05, 0) is 31.2 Å². The smallest absolute Gasteiger partial charge is 0.137 e. The zero-order chi connectivity index (χ0) is 11.5. The van der Waals surface area contributed by atoms with Gasteiger partial charge in [0.05, 0.1) is 5.69 Å². The molecule has 16 heavy (non-hydrogen) atoms. The lowest BCUT2D eigenvalue weighted by Crippen LogP contribution is -1.92. The summed E-state index contributed by atoms with van der Waals surface area (Å²) < 4.78 is 0. The second kappa shape index (κ2) is 4.68. The first kappa shape index (κ1) is 11.2. The van der Waals surface area contributed by atoms with Gasteiger partial charge in [-0.25, -0.2) is 4.98 Å². The van der Waals surface area contributed by atoms with Crippen LogP contribution < -0.4 is 0 Å². The normalized spacial score (nSPS) is 10.7. The third kappa shape index (κ3) is 2.26. The molecule has 0 atom stereocenters. The number of aromatic nitrogens is 2. The first-order valence-corrected chi connectivity index (χ1v) is 5.51. The summed E-state index contributed by atoms with van der Waals surface area (Å²) in [5.41, 5.74) is 2.91. The number of imidazole rings is 1. The molecule has 0 unspecified atom stereocenters. The molecular weight excluding hydrogens is 224 g/mol. The van der Waals surface area contributed by atoms with Crippen LogP contribution in [0.4, 0.5) is 0 Å². The molecule has 2 N–H and O–H groups in total. The van der Waals surface area contributed by atoms with Gasteiger partial charge >= 0.3 is 0 Å². The van der Waals surface area contributed by atoms with E-state index in [1.54, 1.807) is 0 Å². The maximum atomic E-state index is 8.89. The summed E-state index contributed by atoms with van der Waals surface area (Å²) in [6.45, 7) is 2.07. The predicted octanol–water partition coefficient (Wildman–Crippen LogP) is 2.57. The van der Waals surface area contributed by atoms with Gasteiger partial charge in [0.15, 0.2) is 0 Å². The molecule has 84 valence electrons. The van der Waals surface area contributed by atoms with Crippen LogP contribution in [0.1, 0.15) is 11.4 Å². The summed E-state index contributed by atoms with van der Waals surface area (Å²) in [7, 11) is 0. The average Bonchev–Trinajstić information content (AvgIpc) is 2.62. The molecule has 1 aromatic carbocycles. The van der Waals surface area contributed by atoms with Crippen molar-refractivity contribution in [1.82, 2.24) is 9.97 Å². The van der Waals surface area contributed by atoms with Gasteiger partial charge in [0.2, 0.25) is 0 Å². The average molecular weight is 237 g/mol. The van der Waals surface area contributed by atoms with Crippen LogP contribution in [0.15, 0.2) is 24.3 Å². The molecule has 0 saturated heterocycles. The Bertz CT molecular complexity index is 476. The number of hydrogen-bond acceptors (Lipinski definition) is 2. The summed E-state index contributed by atoms with van der Waals surface area (Å²) in [6, 6.07) is 7.51. The van der Waals surface area contributed by atoms with E-state index >= 15 is 0 Å². The maximum Gasteiger partial charge on any atom is 0.137 e. The third-order valence-electron chi connectivity index (χ3n) is 2.45. The Hall–Kier alpha value is -1.32. The second-order valence-corrected chi connectivity index (χ2v) is 4.07. The number of aliphatic hydroxyl groups excluding tert-OH is 1. The molecule has 0 fully saturated rings. The fraction of sp³-hybridized carbons (Fsp3) is 0.250. The lowest BCUT2D eigenvalue weighted by Gasteiger charge is -1.96. The highest BCUT2D eigenvalue weighted by Crippen LogP contribution is 2.20. The molecule has 0 aliphatic rings. The van der Waals surface area contributed by atoms with Gasteiger partial charge in [-0.3, -0.25) is 0 Å². The summed E-state index contributed by atoms with van der Waals surface area (Å²) in [6.07, 6.45) is 0.579. The molecule has 0 bridgehead atoms. The Morgan fingerprint density at radius 2 is 2.00 bits per heavy atom. The molecule has 0 radical (unpaired) electrons. The van der Waals surface area contributed by atoms with Gasteiger partial charge in [-0.2, -0.15) is 0 Å². The molecule has 0 aliphatic carbocycles. The van der Waals surface area contributed by atoms with Gasteiger partial charge < -0.3 is 10.1 Å². The molecule has 0 aliphatic heterocycles. The van der Waals surface area contributed by atoms with Crippen molar-refractivity contribution in [3.8, 4) is 11.4 Å². The van der Waals surface area contributed by atoms with Crippen molar-refractivity contribution in [3.05, 3.63) is 40.7 Å². The van der Waals surface area contributed by atoms with Crippen LogP contribution in [-0.2, 0) is 6.42 Å². The third-order valence-corrected chi connectivity index (χ3v) is 2.70. The molecule has 2 aromatic rings. The number of halogens is 1. The quantitative estimate of drug-likeness (QED) is 0.861. The highest BCUT2D eigenvalue weighted by Gasteiger charge is 2.07. The van der Waals surface area contributed by atoms with Crippen molar-refractivity contribution in [2.24, 2.45) is 0 Å². The molecule has 2 rings (SSSR count). The van der Waals surface area contributed by atoms with E-state index in [2.05, 4.69) is 9.97 Å². The number of rotatable bonds is 3. The van der Waals surface area contributed by atoms with E-state index in [4.69, 9.17) is 16.7 Å². The molecule has 4 heteroatoms. The lowest BCUT2D eigenvalue weighted by atomic mass is 10.2. The van der Waals surface area contributed by atoms with Gasteiger partial charge in [0.25, 0.3) is 0 Å². The van der Waals surface area contributed by atoms with E-state index < -0.39 is 0 Å². The van der Waals surface area contributed by atoms with Crippen LogP contribution in [0.25, 0.3) is 11.4 Å². The molecule has 3 nitrogen and oxygen atoms in total. The first-order chi connectivity index (χ1) is 7.70. The number of aryl methyl sites for hydroxylation is 1. The minimum absolute atomic E-state index is 0.117. The van der Waals surface area contributed by atoms with Crippen LogP contribution in [0.3, 0.4) is 0 Å². The molecule has 1 heterocycles. The van der Waals surface area contributed by atoms with Crippen molar-refractivity contribution in [2.45, 2.75) is 13.3 Å². The second-order valence-electron chi connectivity index (χ2n) is 3.64. The number of hydrogen-bond donors (Lipinski definition) is 2. The van der Waals surface area contributed by atoms with Crippen molar-refractivity contribution in [3.63, 3.8) is 0 Å². The highest BCUT2D eigenvalue weighted by molar-refractivity contribution is 6.30. The van der Waals surface area contributed by atoms with Gasteiger partial charge in [-0.1, -0.05) is 11.6 Å². The summed E-state index contributed by atoms with van der Waals surface area (Å²) in [4.78, 5) is 7.64. The van der Waals surface area contributed by atoms with E-state index in [1.807, 2.05) is 31.2 Å². The van der Waals surface area contributed by atoms with Crippen LogP contribution in [0.5, 0.6) is 0 Å². The van der Waals surface area contributed by atoms with Crippen LogP contribution in [-0.4, -0.2) is 21.7 Å². The Balaban J connectivity index is 2.33. The lowest BCUT2D eigenvalue weighted by molar-refractivity contribution is 0.298. The number of nitrogens with one attached hydrogen (secondary N) is 1. The van der Waals surface area contributed by atoms with E-state index in [1.165, 1.54) is 0 Å². The predicted molar refractivity (Wildman–Crippen MR) is 64.6 cm³/mol. The zero-order valence-corrected chi connectivity index (χ0v) is 9.75. The fourth-order valence-electron chi connectivity index (χ4n) is 1.59. The Labute approximate surface area is 99.1 Å². The maximum absolute atomic E-state index is 8.89. The summed E-state index contributed by atoms with van der Waals surface area (Å²) in [5, 5.41) is 9.60. The molecular formula is C12H13ClN2O. The standard InChI is InChI=1S/C12H13ClN2O/c1-8-11(6-7-16)15-12(14-8)9-2-4-10(13)5-3-9/h2-5,16H,6-7H2,1H3,(H,14,15). The first-order valence-electron chi connectivity index (χ1n) is 5.13. The van der Waals surface area contributed by atoms with Gasteiger partial charge in [0.1, 0.15) is 5.82 Å². The van der Waals surface area contributed by atoms with E-state index in [-0.39, 0.29) is 6.61 Å². The van der Waals surface area contributed by atoms with Crippen LogP contribution >= 0.6 is 11.6 Å². The zero-order valence-electron chi connectivity index (χ0n) is 9.00.